The van der Waals surface area contributed by atoms with E-state index in [9.17, 15) is 0 Å². The molecule has 4 heteroatoms. The predicted octanol–water partition coefficient (Wildman–Crippen LogP) is 2.74. The Bertz CT molecular complexity index is 538. The minimum atomic E-state index is 0.609. The third-order valence-electron chi connectivity index (χ3n) is 2.46. The summed E-state index contributed by atoms with van der Waals surface area (Å²) in [5.74, 6) is 1.53. The zero-order valence-corrected chi connectivity index (χ0v) is 10.5. The van der Waals surface area contributed by atoms with Crippen LogP contribution in [0.1, 0.15) is 11.4 Å². The Kier molecular flexibility index (Phi) is 4.02. The van der Waals surface area contributed by atoms with E-state index in [4.69, 9.17) is 4.74 Å². The van der Waals surface area contributed by atoms with Crippen molar-refractivity contribution in [1.82, 2.24) is 9.97 Å². The van der Waals surface area contributed by atoms with E-state index in [1.165, 1.54) is 0 Å². The quantitative estimate of drug-likeness (QED) is 0.773. The molecule has 0 saturated heterocycles. The number of aliphatic imine (C=N–C) groups is 1. The van der Waals surface area contributed by atoms with Crippen LogP contribution in [-0.2, 0) is 6.42 Å². The summed E-state index contributed by atoms with van der Waals surface area (Å²) in [5, 5.41) is 0. The van der Waals surface area contributed by atoms with Crippen molar-refractivity contribution in [3.8, 4) is 5.75 Å². The van der Waals surface area contributed by atoms with Gasteiger partial charge in [0.25, 0.3) is 0 Å². The van der Waals surface area contributed by atoms with E-state index >= 15 is 0 Å². The lowest BCUT2D eigenvalue weighted by atomic mass is 10.2. The van der Waals surface area contributed by atoms with E-state index in [0.29, 0.717) is 6.42 Å². The number of aryl methyl sites for hydroxylation is 1. The van der Waals surface area contributed by atoms with Crippen molar-refractivity contribution < 1.29 is 4.74 Å². The summed E-state index contributed by atoms with van der Waals surface area (Å²) < 4.78 is 5.26. The zero-order valence-electron chi connectivity index (χ0n) is 10.5. The fourth-order valence-electron chi connectivity index (χ4n) is 1.56. The Morgan fingerprint density at radius 2 is 2.06 bits per heavy atom. The van der Waals surface area contributed by atoms with Crippen molar-refractivity contribution >= 4 is 11.9 Å². The molecule has 4 nitrogen and oxygen atoms in total. The van der Waals surface area contributed by atoms with Crippen molar-refractivity contribution in [2.75, 3.05) is 7.11 Å². The average Bonchev–Trinajstić information content (AvgIpc) is 2.40. The SMILES string of the molecule is COc1ccc(C)cc1N=CCc1ncccn1. The van der Waals surface area contributed by atoms with E-state index in [-0.39, 0.29) is 0 Å². The molecule has 0 aliphatic carbocycles. The fraction of sp³-hybridized carbons (Fsp3) is 0.214. The van der Waals surface area contributed by atoms with Crippen LogP contribution in [0.25, 0.3) is 0 Å². The lowest BCUT2D eigenvalue weighted by Gasteiger charge is -2.04. The third kappa shape index (κ3) is 3.13. The molecule has 18 heavy (non-hydrogen) atoms. The monoisotopic (exact) mass is 241 g/mol. The number of hydrogen-bond acceptors (Lipinski definition) is 4. The summed E-state index contributed by atoms with van der Waals surface area (Å²) in [4.78, 5) is 12.7. The second-order valence-corrected chi connectivity index (χ2v) is 3.86. The maximum atomic E-state index is 5.26. The molecule has 2 rings (SSSR count). The van der Waals surface area contributed by atoms with Gasteiger partial charge in [0, 0.05) is 25.0 Å². The maximum absolute atomic E-state index is 5.26. The minimum Gasteiger partial charge on any atom is -0.494 e. The third-order valence-corrected chi connectivity index (χ3v) is 2.46. The van der Waals surface area contributed by atoms with Gasteiger partial charge in [-0.1, -0.05) is 6.07 Å². The molecule has 1 aromatic heterocycles. The summed E-state index contributed by atoms with van der Waals surface area (Å²) in [6.07, 6.45) is 5.86. The van der Waals surface area contributed by atoms with Gasteiger partial charge < -0.3 is 4.74 Å². The highest BCUT2D eigenvalue weighted by atomic mass is 16.5. The molecule has 0 spiro atoms. The van der Waals surface area contributed by atoms with Gasteiger partial charge in [-0.25, -0.2) is 9.97 Å². The first kappa shape index (κ1) is 12.2. The average molecular weight is 241 g/mol. The van der Waals surface area contributed by atoms with E-state index in [1.54, 1.807) is 31.8 Å². The number of methoxy groups -OCH3 is 1. The maximum Gasteiger partial charge on any atom is 0.144 e. The molecule has 0 unspecified atom stereocenters. The Morgan fingerprint density at radius 3 is 2.78 bits per heavy atom. The van der Waals surface area contributed by atoms with Gasteiger partial charge in [-0.2, -0.15) is 0 Å². The van der Waals surface area contributed by atoms with Gasteiger partial charge in [-0.15, -0.1) is 0 Å². The Balaban J connectivity index is 2.11. The highest BCUT2D eigenvalue weighted by Gasteiger charge is 2.00. The van der Waals surface area contributed by atoms with Crippen molar-refractivity contribution in [3.05, 3.63) is 48.0 Å². The number of hydrogen-bond donors (Lipinski definition) is 0. The summed E-state index contributed by atoms with van der Waals surface area (Å²) in [6, 6.07) is 7.70. The van der Waals surface area contributed by atoms with Gasteiger partial charge in [0.1, 0.15) is 17.3 Å². The van der Waals surface area contributed by atoms with Crippen molar-refractivity contribution in [2.45, 2.75) is 13.3 Å². The number of ether oxygens (including phenoxy) is 1. The second kappa shape index (κ2) is 5.91. The van der Waals surface area contributed by atoms with Gasteiger partial charge in [0.2, 0.25) is 0 Å². The first-order valence-electron chi connectivity index (χ1n) is 5.72. The Hall–Kier alpha value is -2.23. The number of benzene rings is 1. The van der Waals surface area contributed by atoms with Crippen LogP contribution in [0.5, 0.6) is 5.75 Å². The molecule has 0 bridgehead atoms. The molecule has 0 aliphatic heterocycles. The molecule has 2 aromatic rings. The molecule has 1 aromatic carbocycles. The summed E-state index contributed by atoms with van der Waals surface area (Å²) in [7, 11) is 1.64. The normalized spacial score (nSPS) is 10.8. The van der Waals surface area contributed by atoms with Gasteiger partial charge in [-0.3, -0.25) is 4.99 Å². The largest absolute Gasteiger partial charge is 0.494 e. The van der Waals surface area contributed by atoms with Crippen LogP contribution >= 0.6 is 0 Å². The van der Waals surface area contributed by atoms with E-state index in [1.807, 2.05) is 25.1 Å². The van der Waals surface area contributed by atoms with Crippen LogP contribution in [0.2, 0.25) is 0 Å². The van der Waals surface area contributed by atoms with Crippen molar-refractivity contribution in [3.63, 3.8) is 0 Å². The molecule has 0 amide bonds. The van der Waals surface area contributed by atoms with E-state index < -0.39 is 0 Å². The standard InChI is InChI=1S/C14H15N3O/c1-11-4-5-13(18-2)12(10-11)15-9-6-14-16-7-3-8-17-14/h3-5,7-10H,6H2,1-2H3. The first-order chi connectivity index (χ1) is 8.79. The Morgan fingerprint density at radius 1 is 1.28 bits per heavy atom. The molecule has 0 aliphatic rings. The predicted molar refractivity (Wildman–Crippen MR) is 71.6 cm³/mol. The molecule has 0 N–H and O–H groups in total. The minimum absolute atomic E-state index is 0.609. The van der Waals surface area contributed by atoms with Crippen LogP contribution in [0.4, 0.5) is 5.69 Å². The van der Waals surface area contributed by atoms with Gasteiger partial charge >= 0.3 is 0 Å². The zero-order chi connectivity index (χ0) is 12.8. The molecular weight excluding hydrogens is 226 g/mol. The van der Waals surface area contributed by atoms with Crippen molar-refractivity contribution in [1.29, 1.82) is 0 Å². The molecule has 0 atom stereocenters. The number of nitrogens with zero attached hydrogens (tertiary/aromatic N) is 3. The molecule has 92 valence electrons. The van der Waals surface area contributed by atoms with Crippen LogP contribution in [0.15, 0.2) is 41.7 Å². The second-order valence-electron chi connectivity index (χ2n) is 3.86. The highest BCUT2D eigenvalue weighted by molar-refractivity contribution is 5.68. The van der Waals surface area contributed by atoms with Gasteiger partial charge in [0.05, 0.1) is 7.11 Å². The summed E-state index contributed by atoms with van der Waals surface area (Å²) in [5.41, 5.74) is 1.98. The topological polar surface area (TPSA) is 47.4 Å². The summed E-state index contributed by atoms with van der Waals surface area (Å²) >= 11 is 0. The van der Waals surface area contributed by atoms with Gasteiger partial charge in [-0.05, 0) is 30.7 Å². The molecule has 1 heterocycles. The lowest BCUT2D eigenvalue weighted by Crippen LogP contribution is -1.93. The van der Waals surface area contributed by atoms with Crippen LogP contribution in [0.3, 0.4) is 0 Å². The summed E-state index contributed by atoms with van der Waals surface area (Å²) in [6.45, 7) is 2.03. The number of rotatable bonds is 4. The number of aromatic nitrogens is 2. The van der Waals surface area contributed by atoms with Crippen LogP contribution in [0, 0.1) is 6.92 Å². The Labute approximate surface area is 106 Å². The van der Waals surface area contributed by atoms with Crippen LogP contribution in [-0.4, -0.2) is 23.3 Å². The fourth-order valence-corrected chi connectivity index (χ4v) is 1.56. The molecule has 0 saturated carbocycles. The highest BCUT2D eigenvalue weighted by Crippen LogP contribution is 2.27. The first-order valence-corrected chi connectivity index (χ1v) is 5.72. The van der Waals surface area contributed by atoms with Crippen LogP contribution < -0.4 is 4.74 Å². The van der Waals surface area contributed by atoms with E-state index in [0.717, 1.165) is 22.8 Å². The smallest absolute Gasteiger partial charge is 0.144 e. The molecule has 0 fully saturated rings. The molecular formula is C14H15N3O. The molecule has 0 radical (unpaired) electrons. The van der Waals surface area contributed by atoms with E-state index in [2.05, 4.69) is 15.0 Å². The lowest BCUT2D eigenvalue weighted by molar-refractivity contribution is 0.416. The van der Waals surface area contributed by atoms with Crippen molar-refractivity contribution in [2.24, 2.45) is 4.99 Å². The van der Waals surface area contributed by atoms with Gasteiger partial charge in [0.15, 0.2) is 0 Å².